The van der Waals surface area contributed by atoms with Gasteiger partial charge in [-0.2, -0.15) is 0 Å². The zero-order chi connectivity index (χ0) is 41.0. The third kappa shape index (κ3) is 14.6. The first-order chi connectivity index (χ1) is 25.7. The monoisotopic (exact) mass is 792 g/mol. The van der Waals surface area contributed by atoms with Gasteiger partial charge in [0.15, 0.2) is 11.5 Å². The van der Waals surface area contributed by atoms with Crippen LogP contribution in [0.2, 0.25) is 15.1 Å². The summed E-state index contributed by atoms with van der Waals surface area (Å²) in [7, 11) is 3.22. The van der Waals surface area contributed by atoms with E-state index in [1.54, 1.807) is 45.3 Å². The standard InChI is InChI=1S/C22H25ClN2O3.C12H8Cl2.C6H8N2O2.C2H6/c1-6-8-15(3)18(19-12-17(23)9-10-22(19)28-5)11-16(4)25(14-24)13-21(27)20(26)7-2;13-10-6-7-12(14)11(8-10)9-4-2-1-3-5-9;1-8-3-5(10)4(9)2-6(8)7;1-2/h1,7,9-13,27H,2,8,14,24H2,3-5H3;1-8H;2-3,10H,7H2,1H3;1-2H3/b16-11+,18-15+,21-13+;;;. The Morgan fingerprint density at radius 1 is 1.04 bits per heavy atom. The molecule has 4 aromatic rings. The molecule has 0 atom stereocenters. The van der Waals surface area contributed by atoms with E-state index < -0.39 is 17.0 Å². The number of nitrogen functional groups attached to an aromatic ring is 1. The van der Waals surface area contributed by atoms with E-state index >= 15 is 0 Å². The van der Waals surface area contributed by atoms with Crippen molar-refractivity contribution in [2.45, 2.75) is 34.1 Å². The number of aryl methyl sites for hydroxylation is 1. The molecule has 9 nitrogen and oxygen atoms in total. The normalized spacial score (nSPS) is 11.1. The highest BCUT2D eigenvalue weighted by molar-refractivity contribution is 6.35. The number of rotatable bonds is 10. The van der Waals surface area contributed by atoms with Crippen LogP contribution >= 0.6 is 34.8 Å². The van der Waals surface area contributed by atoms with Gasteiger partial charge in [0.25, 0.3) is 0 Å². The molecule has 0 amide bonds. The van der Waals surface area contributed by atoms with Gasteiger partial charge < -0.3 is 35.9 Å². The second-order valence-corrected chi connectivity index (χ2v) is 12.3. The number of aliphatic hydroxyl groups excluding tert-OH is 1. The van der Waals surface area contributed by atoms with Gasteiger partial charge in [-0.05, 0) is 73.5 Å². The summed E-state index contributed by atoms with van der Waals surface area (Å²) in [5.41, 5.74) is 15.9. The molecule has 0 aliphatic heterocycles. The van der Waals surface area contributed by atoms with Crippen LogP contribution in [-0.4, -0.2) is 39.2 Å². The zero-order valence-electron chi connectivity index (χ0n) is 31.2. The molecule has 0 radical (unpaired) electrons. The van der Waals surface area contributed by atoms with E-state index in [1.165, 1.54) is 27.9 Å². The fourth-order valence-electron chi connectivity index (χ4n) is 4.44. The summed E-state index contributed by atoms with van der Waals surface area (Å²) < 4.78 is 6.94. The number of carbonyl (C=O) groups is 1. The summed E-state index contributed by atoms with van der Waals surface area (Å²) in [4.78, 5) is 23.7. The van der Waals surface area contributed by atoms with Crippen LogP contribution in [0, 0.1) is 12.3 Å². The van der Waals surface area contributed by atoms with Gasteiger partial charge in [-0.1, -0.05) is 91.1 Å². The molecular weight excluding hydrogens is 747 g/mol. The van der Waals surface area contributed by atoms with Crippen LogP contribution in [0.25, 0.3) is 16.7 Å². The van der Waals surface area contributed by atoms with Crippen molar-refractivity contribution in [2.75, 3.05) is 19.5 Å². The molecule has 54 heavy (non-hydrogen) atoms. The number of allylic oxidation sites excluding steroid dienone is 5. The fourth-order valence-corrected chi connectivity index (χ4v) is 5.01. The van der Waals surface area contributed by atoms with Gasteiger partial charge >= 0.3 is 0 Å². The number of hydrogen-bond acceptors (Lipinski definition) is 8. The molecule has 6 N–H and O–H groups in total. The van der Waals surface area contributed by atoms with E-state index in [0.29, 0.717) is 33.7 Å². The van der Waals surface area contributed by atoms with Gasteiger partial charge in [0.2, 0.25) is 11.2 Å². The summed E-state index contributed by atoms with van der Waals surface area (Å²) >= 11 is 18.2. The topological polar surface area (TPSA) is 144 Å². The highest BCUT2D eigenvalue weighted by Crippen LogP contribution is 2.34. The number of carbonyl (C=O) groups excluding carboxylic acids is 1. The first-order valence-corrected chi connectivity index (χ1v) is 17.7. The molecule has 3 aromatic carbocycles. The number of nitrogens with two attached hydrogens (primary N) is 2. The van der Waals surface area contributed by atoms with Crippen molar-refractivity contribution in [3.8, 4) is 35.0 Å². The van der Waals surface area contributed by atoms with Crippen molar-refractivity contribution >= 4 is 52.0 Å². The van der Waals surface area contributed by atoms with E-state index in [-0.39, 0.29) is 12.4 Å². The van der Waals surface area contributed by atoms with Crippen LogP contribution in [0.5, 0.6) is 11.5 Å². The van der Waals surface area contributed by atoms with Gasteiger partial charge in [0.05, 0.1) is 26.2 Å². The third-order valence-electron chi connectivity index (χ3n) is 7.27. The Balaban J connectivity index is 0.000000459. The Bertz CT molecular complexity index is 2070. The number of pyridine rings is 1. The number of terminal acetylenes is 1. The Labute approximate surface area is 333 Å². The van der Waals surface area contributed by atoms with Crippen molar-refractivity contribution in [3.05, 3.63) is 152 Å². The van der Waals surface area contributed by atoms with E-state index in [4.69, 9.17) is 62.5 Å². The van der Waals surface area contributed by atoms with Crippen LogP contribution in [0.4, 0.5) is 5.82 Å². The predicted molar refractivity (Wildman–Crippen MR) is 226 cm³/mol. The lowest BCUT2D eigenvalue weighted by atomic mass is 9.97. The van der Waals surface area contributed by atoms with Crippen LogP contribution in [0.1, 0.15) is 39.7 Å². The molecule has 0 saturated carbocycles. The van der Waals surface area contributed by atoms with Gasteiger partial charge in [-0.3, -0.25) is 9.59 Å². The minimum absolute atomic E-state index is 0.0466. The fraction of sp³-hybridized carbons (Fsp3) is 0.190. The summed E-state index contributed by atoms with van der Waals surface area (Å²) in [6.45, 7) is 11.1. The SMILES string of the molecule is C#CC/C(C)=C(\C=C(/C)N(/C=C(/O)C(=O)C=C)CN)c1cc(Cl)ccc1OC.CC.Clc1ccc(Cl)c(-c2ccccc2)c1.Cn1cc(O)c(=O)cc1N. The molecule has 1 heterocycles. The predicted octanol–water partition coefficient (Wildman–Crippen LogP) is 9.78. The molecule has 1 aromatic heterocycles. The minimum Gasteiger partial charge on any atom is -0.503 e. The number of anilines is 1. The lowest BCUT2D eigenvalue weighted by Crippen LogP contribution is -2.24. The van der Waals surface area contributed by atoms with Crippen LogP contribution in [-0.2, 0) is 11.8 Å². The van der Waals surface area contributed by atoms with E-state index in [2.05, 4.69) is 12.5 Å². The Morgan fingerprint density at radius 2 is 1.65 bits per heavy atom. The molecular formula is C42H47Cl3N4O5. The van der Waals surface area contributed by atoms with Crippen molar-refractivity contribution in [1.29, 1.82) is 0 Å². The van der Waals surface area contributed by atoms with Crippen molar-refractivity contribution in [1.82, 2.24) is 9.47 Å². The van der Waals surface area contributed by atoms with Crippen molar-refractivity contribution in [3.63, 3.8) is 0 Å². The van der Waals surface area contributed by atoms with Gasteiger partial charge in [-0.25, -0.2) is 0 Å². The second-order valence-electron chi connectivity index (χ2n) is 11.0. The Kier molecular flexibility index (Phi) is 20.8. The quantitative estimate of drug-likeness (QED) is 0.0409. The molecule has 0 spiro atoms. The third-order valence-corrected chi connectivity index (χ3v) is 8.07. The molecule has 4 rings (SSSR count). The average Bonchev–Trinajstić information content (AvgIpc) is 3.17. The number of nitrogens with zero attached hydrogens (tertiary/aromatic N) is 2. The van der Waals surface area contributed by atoms with Crippen LogP contribution in [0.3, 0.4) is 0 Å². The number of hydrogen-bond donors (Lipinski definition) is 4. The number of ether oxygens (including phenoxy) is 1. The van der Waals surface area contributed by atoms with Crippen LogP contribution in [0.15, 0.2) is 126 Å². The first kappa shape index (κ1) is 46.7. The number of ketones is 1. The average molecular weight is 794 g/mol. The summed E-state index contributed by atoms with van der Waals surface area (Å²) in [6, 6.07) is 21.9. The summed E-state index contributed by atoms with van der Waals surface area (Å²) in [5, 5.41) is 20.7. The highest BCUT2D eigenvalue weighted by atomic mass is 35.5. The smallest absolute Gasteiger partial charge is 0.225 e. The first-order valence-electron chi connectivity index (χ1n) is 16.5. The summed E-state index contributed by atoms with van der Waals surface area (Å²) in [6.07, 6.45) is 11.3. The summed E-state index contributed by atoms with van der Waals surface area (Å²) in [5.74, 6) is 2.27. The van der Waals surface area contributed by atoms with Crippen molar-refractivity contribution < 1.29 is 19.7 Å². The maximum absolute atomic E-state index is 11.6. The highest BCUT2D eigenvalue weighted by Gasteiger charge is 2.14. The number of halogens is 3. The number of aromatic nitrogens is 1. The van der Waals surface area contributed by atoms with Crippen molar-refractivity contribution in [2.24, 2.45) is 12.8 Å². The largest absolute Gasteiger partial charge is 0.503 e. The molecule has 0 aliphatic carbocycles. The molecule has 0 unspecified atom stereocenters. The molecule has 12 heteroatoms. The molecule has 0 fully saturated rings. The Morgan fingerprint density at radius 3 is 2.20 bits per heavy atom. The number of aromatic hydroxyl groups is 1. The minimum atomic E-state index is -0.595. The molecule has 286 valence electrons. The number of aliphatic hydroxyl groups is 1. The van der Waals surface area contributed by atoms with Gasteiger partial charge in [0, 0.05) is 51.4 Å². The lowest BCUT2D eigenvalue weighted by molar-refractivity contribution is -0.113. The molecule has 0 aliphatic rings. The van der Waals surface area contributed by atoms with E-state index in [0.717, 1.165) is 38.9 Å². The number of benzene rings is 3. The lowest BCUT2D eigenvalue weighted by Gasteiger charge is -2.21. The maximum atomic E-state index is 11.6. The second kappa shape index (κ2) is 24.0. The van der Waals surface area contributed by atoms with Gasteiger partial charge in [0.1, 0.15) is 11.6 Å². The molecule has 0 saturated heterocycles. The van der Waals surface area contributed by atoms with Gasteiger partial charge in [-0.15, -0.1) is 12.3 Å². The van der Waals surface area contributed by atoms with E-state index in [1.807, 2.05) is 69.3 Å². The Hall–Kier alpha value is -5.37. The van der Waals surface area contributed by atoms with Crippen LogP contribution < -0.4 is 21.6 Å². The zero-order valence-corrected chi connectivity index (χ0v) is 33.5. The number of methoxy groups -OCH3 is 1. The molecule has 0 bridgehead atoms. The van der Waals surface area contributed by atoms with E-state index in [9.17, 15) is 14.7 Å². The maximum Gasteiger partial charge on any atom is 0.225 e.